The number of piperidine rings is 1. The first kappa shape index (κ1) is 12.8. The Morgan fingerprint density at radius 3 is 3.10 bits per heavy atom. The van der Waals surface area contributed by atoms with E-state index in [-0.39, 0.29) is 5.91 Å². The van der Waals surface area contributed by atoms with Crippen molar-refractivity contribution in [1.82, 2.24) is 15.2 Å². The number of likely N-dealkylation sites (tertiary alicyclic amines) is 1. The minimum atomic E-state index is 0.0881. The van der Waals surface area contributed by atoms with Crippen LogP contribution in [0.25, 0.3) is 10.8 Å². The topological polar surface area (TPSA) is 45.2 Å². The van der Waals surface area contributed by atoms with Crippen LogP contribution in [-0.4, -0.2) is 41.5 Å². The fourth-order valence-electron chi connectivity index (χ4n) is 3.75. The van der Waals surface area contributed by atoms with Crippen LogP contribution < -0.4 is 5.32 Å². The highest BCUT2D eigenvalue weighted by Gasteiger charge is 2.38. The lowest BCUT2D eigenvalue weighted by Crippen LogP contribution is -2.48. The van der Waals surface area contributed by atoms with E-state index in [1.807, 2.05) is 35.2 Å². The number of hydrogen-bond acceptors (Lipinski definition) is 3. The first-order valence-electron chi connectivity index (χ1n) is 7.70. The molecular formula is C17H19N3O. The number of benzene rings is 1. The number of carbonyl (C=O) groups is 1. The van der Waals surface area contributed by atoms with Crippen molar-refractivity contribution in [1.29, 1.82) is 0 Å². The van der Waals surface area contributed by atoms with E-state index in [1.54, 1.807) is 6.20 Å². The number of fused-ring (bicyclic) bond motifs is 2. The summed E-state index contributed by atoms with van der Waals surface area (Å²) in [5.41, 5.74) is 0.598. The molecule has 108 valence electrons. The first-order chi connectivity index (χ1) is 10.3. The quantitative estimate of drug-likeness (QED) is 0.870. The third-order valence-corrected chi connectivity index (χ3v) is 4.82. The maximum Gasteiger partial charge on any atom is 0.273 e. The standard InChI is InChI=1S/C17H19N3O/c21-17(20-9-3-5-13-10-18-11-15(13)20)16-14-6-2-1-4-12(14)7-8-19-16/h1-2,4,6-8,13,15,18H,3,5,9-11H2. The molecule has 21 heavy (non-hydrogen) atoms. The van der Waals surface area contributed by atoms with Crippen LogP contribution in [0.3, 0.4) is 0 Å². The zero-order chi connectivity index (χ0) is 14.2. The van der Waals surface area contributed by atoms with E-state index in [2.05, 4.69) is 10.3 Å². The molecule has 0 saturated carbocycles. The minimum absolute atomic E-state index is 0.0881. The van der Waals surface area contributed by atoms with Crippen LogP contribution in [0, 0.1) is 5.92 Å². The number of carbonyl (C=O) groups excluding carboxylic acids is 1. The second-order valence-corrected chi connectivity index (χ2v) is 6.01. The number of nitrogens with one attached hydrogen (secondary N) is 1. The van der Waals surface area contributed by atoms with Gasteiger partial charge in [0.05, 0.1) is 0 Å². The summed E-state index contributed by atoms with van der Waals surface area (Å²) in [5, 5.41) is 5.46. The largest absolute Gasteiger partial charge is 0.333 e. The Kier molecular flexibility index (Phi) is 3.11. The molecule has 3 heterocycles. The molecular weight excluding hydrogens is 262 g/mol. The van der Waals surface area contributed by atoms with Gasteiger partial charge in [0.1, 0.15) is 5.69 Å². The second-order valence-electron chi connectivity index (χ2n) is 6.01. The highest BCUT2D eigenvalue weighted by Crippen LogP contribution is 2.28. The number of nitrogens with zero attached hydrogens (tertiary/aromatic N) is 2. The molecule has 4 nitrogen and oxygen atoms in total. The predicted molar refractivity (Wildman–Crippen MR) is 82.2 cm³/mol. The third kappa shape index (κ3) is 2.10. The predicted octanol–water partition coefficient (Wildman–Crippen LogP) is 2.06. The van der Waals surface area contributed by atoms with Crippen molar-refractivity contribution in [3.63, 3.8) is 0 Å². The first-order valence-corrected chi connectivity index (χ1v) is 7.70. The Morgan fingerprint density at radius 1 is 1.24 bits per heavy atom. The fourth-order valence-corrected chi connectivity index (χ4v) is 3.75. The fraction of sp³-hybridized carbons (Fsp3) is 0.412. The van der Waals surface area contributed by atoms with Crippen LogP contribution in [0.4, 0.5) is 0 Å². The summed E-state index contributed by atoms with van der Waals surface area (Å²) in [6.07, 6.45) is 4.06. The lowest BCUT2D eigenvalue weighted by Gasteiger charge is -2.37. The van der Waals surface area contributed by atoms with Gasteiger partial charge < -0.3 is 10.2 Å². The van der Waals surface area contributed by atoms with E-state index in [9.17, 15) is 4.79 Å². The summed E-state index contributed by atoms with van der Waals surface area (Å²) in [6.45, 7) is 2.81. The molecule has 1 aromatic carbocycles. The van der Waals surface area contributed by atoms with Gasteiger partial charge in [0.15, 0.2) is 0 Å². The van der Waals surface area contributed by atoms with Crippen molar-refractivity contribution in [3.8, 4) is 0 Å². The van der Waals surface area contributed by atoms with Gasteiger partial charge in [-0.25, -0.2) is 0 Å². The van der Waals surface area contributed by atoms with Crippen molar-refractivity contribution in [2.45, 2.75) is 18.9 Å². The Hall–Kier alpha value is -1.94. The van der Waals surface area contributed by atoms with Gasteiger partial charge in [-0.15, -0.1) is 0 Å². The Bertz CT molecular complexity index is 679. The van der Waals surface area contributed by atoms with Crippen molar-refractivity contribution < 1.29 is 4.79 Å². The Labute approximate surface area is 124 Å². The lowest BCUT2D eigenvalue weighted by molar-refractivity contribution is 0.0571. The molecule has 2 aliphatic heterocycles. The van der Waals surface area contributed by atoms with E-state index in [1.165, 1.54) is 6.42 Å². The van der Waals surface area contributed by atoms with Gasteiger partial charge in [-0.2, -0.15) is 0 Å². The highest BCUT2D eigenvalue weighted by atomic mass is 16.2. The molecule has 2 atom stereocenters. The summed E-state index contributed by atoms with van der Waals surface area (Å²) in [4.78, 5) is 19.4. The number of amides is 1. The van der Waals surface area contributed by atoms with Gasteiger partial charge in [0.25, 0.3) is 5.91 Å². The smallest absolute Gasteiger partial charge is 0.273 e. The van der Waals surface area contributed by atoms with Crippen LogP contribution in [0.2, 0.25) is 0 Å². The molecule has 2 fully saturated rings. The summed E-state index contributed by atoms with van der Waals surface area (Å²) in [7, 11) is 0. The molecule has 0 bridgehead atoms. The molecule has 0 spiro atoms. The monoisotopic (exact) mass is 281 g/mol. The van der Waals surface area contributed by atoms with Crippen LogP contribution in [-0.2, 0) is 0 Å². The number of pyridine rings is 1. The number of aromatic nitrogens is 1. The molecule has 2 aliphatic rings. The van der Waals surface area contributed by atoms with Gasteiger partial charge in [0, 0.05) is 37.3 Å². The summed E-state index contributed by atoms with van der Waals surface area (Å²) >= 11 is 0. The third-order valence-electron chi connectivity index (χ3n) is 4.82. The lowest BCUT2D eigenvalue weighted by atomic mass is 9.91. The maximum absolute atomic E-state index is 13.0. The average molecular weight is 281 g/mol. The number of rotatable bonds is 1. The normalized spacial score (nSPS) is 25.0. The van der Waals surface area contributed by atoms with Gasteiger partial charge in [-0.1, -0.05) is 24.3 Å². The summed E-state index contributed by atoms with van der Waals surface area (Å²) < 4.78 is 0. The summed E-state index contributed by atoms with van der Waals surface area (Å²) in [5.74, 6) is 0.697. The van der Waals surface area contributed by atoms with Crippen LogP contribution >= 0.6 is 0 Å². The average Bonchev–Trinajstić information content (AvgIpc) is 3.02. The maximum atomic E-state index is 13.0. The van der Waals surface area contributed by atoms with Gasteiger partial charge in [-0.05, 0) is 30.2 Å². The van der Waals surface area contributed by atoms with Crippen molar-refractivity contribution in [2.24, 2.45) is 5.92 Å². The van der Waals surface area contributed by atoms with Crippen LogP contribution in [0.5, 0.6) is 0 Å². The van der Waals surface area contributed by atoms with E-state index >= 15 is 0 Å². The van der Waals surface area contributed by atoms with Crippen LogP contribution in [0.1, 0.15) is 23.3 Å². The Morgan fingerprint density at radius 2 is 2.14 bits per heavy atom. The minimum Gasteiger partial charge on any atom is -0.333 e. The van der Waals surface area contributed by atoms with Crippen molar-refractivity contribution in [2.75, 3.05) is 19.6 Å². The van der Waals surface area contributed by atoms with Gasteiger partial charge in [-0.3, -0.25) is 9.78 Å². The van der Waals surface area contributed by atoms with Crippen LogP contribution in [0.15, 0.2) is 36.5 Å². The molecule has 2 unspecified atom stereocenters. The van der Waals surface area contributed by atoms with E-state index < -0.39 is 0 Å². The SMILES string of the molecule is O=C(c1nccc2ccccc12)N1CCCC2CNCC21. The van der Waals surface area contributed by atoms with Crippen molar-refractivity contribution in [3.05, 3.63) is 42.2 Å². The van der Waals surface area contributed by atoms with E-state index in [4.69, 9.17) is 0 Å². The molecule has 0 aliphatic carbocycles. The summed E-state index contributed by atoms with van der Waals surface area (Å²) in [6, 6.07) is 10.3. The highest BCUT2D eigenvalue weighted by molar-refractivity contribution is 6.05. The van der Waals surface area contributed by atoms with Gasteiger partial charge >= 0.3 is 0 Å². The molecule has 0 radical (unpaired) electrons. The Balaban J connectivity index is 1.73. The molecule has 4 heteroatoms. The van der Waals surface area contributed by atoms with E-state index in [0.717, 1.165) is 36.8 Å². The second kappa shape index (κ2) is 5.11. The molecule has 1 aromatic heterocycles. The molecule has 2 aromatic rings. The molecule has 4 rings (SSSR count). The molecule has 2 saturated heterocycles. The zero-order valence-corrected chi connectivity index (χ0v) is 12.0. The number of hydrogen-bond donors (Lipinski definition) is 1. The van der Waals surface area contributed by atoms with E-state index in [0.29, 0.717) is 17.7 Å². The zero-order valence-electron chi connectivity index (χ0n) is 12.0. The van der Waals surface area contributed by atoms with Gasteiger partial charge in [0.2, 0.25) is 0 Å². The molecule has 1 amide bonds. The molecule has 1 N–H and O–H groups in total. The van der Waals surface area contributed by atoms with Crippen molar-refractivity contribution >= 4 is 16.7 Å².